The van der Waals surface area contributed by atoms with Gasteiger partial charge in [0, 0.05) is 58.5 Å². The highest BCUT2D eigenvalue weighted by atomic mass is 35.5. The van der Waals surface area contributed by atoms with Gasteiger partial charge in [0.1, 0.15) is 5.82 Å². The Labute approximate surface area is 357 Å². The van der Waals surface area contributed by atoms with E-state index in [9.17, 15) is 19.2 Å². The number of rotatable bonds is 15. The summed E-state index contributed by atoms with van der Waals surface area (Å²) in [6.45, 7) is 12.1. The third-order valence-electron chi connectivity index (χ3n) is 9.52. The molecule has 2 unspecified atom stereocenters. The number of halogens is 4. The number of benzene rings is 2. The second-order valence-electron chi connectivity index (χ2n) is 13.4. The number of nitrogens with zero attached hydrogens (tertiary/aromatic N) is 4. The molecule has 0 N–H and O–H groups in total. The van der Waals surface area contributed by atoms with Gasteiger partial charge in [-0.2, -0.15) is 0 Å². The predicted octanol–water partition coefficient (Wildman–Crippen LogP) is 7.27. The highest BCUT2D eigenvalue weighted by Crippen LogP contribution is 2.45. The molecule has 5 atom stereocenters. The first kappa shape index (κ1) is 45.0. The summed E-state index contributed by atoms with van der Waals surface area (Å²) >= 11 is 26.0. The minimum absolute atomic E-state index is 0.0175. The number of anilines is 2. The summed E-state index contributed by atoms with van der Waals surface area (Å²) < 4.78 is 37.6. The third-order valence-corrected chi connectivity index (χ3v) is 11.0. The van der Waals surface area contributed by atoms with Crippen molar-refractivity contribution in [2.75, 3.05) is 36.6 Å². The van der Waals surface area contributed by atoms with Crippen molar-refractivity contribution in [3.63, 3.8) is 0 Å². The molecule has 5 rings (SSSR count). The van der Waals surface area contributed by atoms with E-state index in [0.717, 1.165) is 68.4 Å². The Morgan fingerprint density at radius 3 is 1.90 bits per heavy atom. The van der Waals surface area contributed by atoms with Crippen molar-refractivity contribution in [2.45, 2.75) is 98.2 Å². The summed E-state index contributed by atoms with van der Waals surface area (Å²) in [4.78, 5) is 53.8. The number of carbonyl (C=O) groups is 4. The number of aryl methyl sites for hydroxylation is 2. The summed E-state index contributed by atoms with van der Waals surface area (Å²) in [6, 6.07) is 7.44. The SMILES string of the molecule is CCC[n+]1c(C=CC=C2N(CC)c3cc(Cl)c(Cl)cc3N2CC)n(CCCO[C@@H]2OC(C(=O)OC)[C@@H](OC(C)=O)C(OC(C)=O)[C@@H]2OC(C)=O)c2cc(Cl)c(Cl)cc21. The van der Waals surface area contributed by atoms with E-state index >= 15 is 0 Å². The van der Waals surface area contributed by atoms with E-state index in [2.05, 4.69) is 39.7 Å². The van der Waals surface area contributed by atoms with Crippen LogP contribution in [0.15, 0.2) is 42.2 Å². The third kappa shape index (κ3) is 9.69. The number of aromatic nitrogens is 2. The first-order valence-corrected chi connectivity index (χ1v) is 20.4. The Bertz CT molecular complexity index is 2070. The molecule has 1 aromatic heterocycles. The molecule has 0 spiro atoms. The van der Waals surface area contributed by atoms with E-state index in [4.69, 9.17) is 74.8 Å². The second kappa shape index (κ2) is 19.8. The Balaban J connectivity index is 1.48. The second-order valence-corrected chi connectivity index (χ2v) is 15.1. The normalized spacial score (nSPS) is 20.4. The maximum absolute atomic E-state index is 12.9. The zero-order valence-electron chi connectivity index (χ0n) is 33.3. The first-order chi connectivity index (χ1) is 27.6. The Morgan fingerprint density at radius 2 is 1.34 bits per heavy atom. The van der Waals surface area contributed by atoms with Crippen LogP contribution in [0.3, 0.4) is 0 Å². The maximum atomic E-state index is 12.9. The van der Waals surface area contributed by atoms with Gasteiger partial charge < -0.3 is 38.2 Å². The van der Waals surface area contributed by atoms with E-state index in [1.54, 1.807) is 0 Å². The molecule has 1 fully saturated rings. The van der Waals surface area contributed by atoms with Crippen LogP contribution in [0.2, 0.25) is 20.1 Å². The van der Waals surface area contributed by atoms with Crippen LogP contribution < -0.4 is 14.4 Å². The molecule has 0 amide bonds. The highest BCUT2D eigenvalue weighted by molar-refractivity contribution is 6.43. The summed E-state index contributed by atoms with van der Waals surface area (Å²) in [5.74, 6) is -1.43. The van der Waals surface area contributed by atoms with E-state index in [1.165, 1.54) is 0 Å². The van der Waals surface area contributed by atoms with Gasteiger partial charge in [-0.25, -0.2) is 13.9 Å². The number of allylic oxidation sites excluding steroid dienone is 2. The van der Waals surface area contributed by atoms with Crippen molar-refractivity contribution >= 4 is 98.8 Å². The van der Waals surface area contributed by atoms with Gasteiger partial charge in [0.15, 0.2) is 41.7 Å². The van der Waals surface area contributed by atoms with Gasteiger partial charge in [-0.1, -0.05) is 59.4 Å². The molecule has 58 heavy (non-hydrogen) atoms. The number of imidazole rings is 1. The van der Waals surface area contributed by atoms with Crippen molar-refractivity contribution in [1.82, 2.24) is 4.57 Å². The van der Waals surface area contributed by atoms with Gasteiger partial charge in [0.05, 0.1) is 58.3 Å². The van der Waals surface area contributed by atoms with Gasteiger partial charge in [0.25, 0.3) is 5.82 Å². The number of hydrogen-bond donors (Lipinski definition) is 0. The van der Waals surface area contributed by atoms with E-state index < -0.39 is 54.6 Å². The van der Waals surface area contributed by atoms with E-state index in [1.807, 2.05) is 42.5 Å². The minimum atomic E-state index is -1.57. The molecule has 18 heteroatoms. The fourth-order valence-electron chi connectivity index (χ4n) is 7.28. The van der Waals surface area contributed by atoms with Crippen molar-refractivity contribution in [2.24, 2.45) is 0 Å². The zero-order chi connectivity index (χ0) is 42.4. The maximum Gasteiger partial charge on any atom is 0.339 e. The number of esters is 4. The number of ether oxygens (including phenoxy) is 6. The van der Waals surface area contributed by atoms with Gasteiger partial charge in [0.2, 0.25) is 0 Å². The van der Waals surface area contributed by atoms with Crippen molar-refractivity contribution in [3.8, 4) is 0 Å². The molecule has 2 aromatic carbocycles. The van der Waals surface area contributed by atoms with Crippen LogP contribution in [0.5, 0.6) is 0 Å². The van der Waals surface area contributed by atoms with E-state index in [-0.39, 0.29) is 6.61 Å². The number of fused-ring (bicyclic) bond motifs is 2. The molecule has 3 heterocycles. The summed E-state index contributed by atoms with van der Waals surface area (Å²) in [5, 5.41) is 1.76. The van der Waals surface area contributed by atoms with Crippen LogP contribution in [0.4, 0.5) is 11.4 Å². The monoisotopic (exact) mass is 883 g/mol. The molecule has 2 aliphatic heterocycles. The van der Waals surface area contributed by atoms with Crippen LogP contribution in [0.25, 0.3) is 17.1 Å². The van der Waals surface area contributed by atoms with Crippen LogP contribution in [-0.4, -0.2) is 86.0 Å². The molecule has 14 nitrogen and oxygen atoms in total. The largest absolute Gasteiger partial charge is 0.467 e. The molecule has 0 saturated carbocycles. The lowest BCUT2D eigenvalue weighted by atomic mass is 9.97. The van der Waals surface area contributed by atoms with Crippen molar-refractivity contribution in [3.05, 3.63) is 68.2 Å². The highest BCUT2D eigenvalue weighted by Gasteiger charge is 2.55. The van der Waals surface area contributed by atoms with Crippen LogP contribution >= 0.6 is 46.4 Å². The van der Waals surface area contributed by atoms with E-state index in [0.29, 0.717) is 52.7 Å². The standard InChI is InChI=1S/C40H47Cl4N4O10/c1-8-15-47-31-20-27(43)28(44)21-32(31)48(34(47)14-11-13-33-45(9-2)29-18-25(41)26(42)19-30(29)46(33)10-3)16-12-17-54-40-38(57-24(6)51)36(56-23(5)50)35(55-22(4)49)37(58-40)39(52)53-7/h11,13-14,18-21,35-38,40H,8-10,12,15-17H2,1-7H3/q+1/t35-,36?,37?,38-,40+/m0/s1. The average Bonchev–Trinajstić information content (AvgIpc) is 3.60. The Morgan fingerprint density at radius 1 is 0.793 bits per heavy atom. The summed E-state index contributed by atoms with van der Waals surface area (Å²) in [5.41, 5.74) is 3.64. The van der Waals surface area contributed by atoms with Gasteiger partial charge in [-0.3, -0.25) is 14.4 Å². The molecule has 3 aromatic rings. The lowest BCUT2D eigenvalue weighted by Crippen LogP contribution is -2.63. The van der Waals surface area contributed by atoms with Crippen LogP contribution in [-0.2, 0) is 60.7 Å². The summed E-state index contributed by atoms with van der Waals surface area (Å²) in [7, 11) is 1.12. The molecule has 0 aliphatic carbocycles. The molecule has 0 radical (unpaired) electrons. The zero-order valence-corrected chi connectivity index (χ0v) is 36.3. The Hall–Kier alpha value is -4.05. The smallest absolute Gasteiger partial charge is 0.339 e. The molecule has 2 aliphatic rings. The van der Waals surface area contributed by atoms with Crippen molar-refractivity contribution < 1.29 is 52.2 Å². The molecule has 314 valence electrons. The summed E-state index contributed by atoms with van der Waals surface area (Å²) in [6.07, 6.45) is -0.0732. The topological polar surface area (TPSA) is 139 Å². The Kier molecular flexibility index (Phi) is 15.4. The van der Waals surface area contributed by atoms with Crippen LogP contribution in [0.1, 0.15) is 60.2 Å². The van der Waals surface area contributed by atoms with Crippen LogP contribution in [0, 0.1) is 0 Å². The number of methoxy groups -OCH3 is 1. The molecular weight excluding hydrogens is 838 g/mol. The molecule has 0 bridgehead atoms. The molecule has 1 saturated heterocycles. The lowest BCUT2D eigenvalue weighted by Gasteiger charge is -2.43. The predicted molar refractivity (Wildman–Crippen MR) is 220 cm³/mol. The fourth-order valence-corrected chi connectivity index (χ4v) is 7.91. The lowest BCUT2D eigenvalue weighted by molar-refractivity contribution is -0.674. The quantitative estimate of drug-likeness (QED) is 0.0657. The van der Waals surface area contributed by atoms with Gasteiger partial charge in [-0.15, -0.1) is 0 Å². The number of carbonyl (C=O) groups excluding carboxylic acids is 4. The fraction of sp³-hybridized carbons (Fsp3) is 0.475. The van der Waals surface area contributed by atoms with Gasteiger partial charge in [-0.05, 0) is 38.5 Å². The number of hydrogen-bond acceptors (Lipinski definition) is 12. The average molecular weight is 886 g/mol. The molecular formula is C40H47Cl4N4O10+. The minimum Gasteiger partial charge on any atom is -0.467 e. The first-order valence-electron chi connectivity index (χ1n) is 18.9. The van der Waals surface area contributed by atoms with Crippen molar-refractivity contribution in [1.29, 1.82) is 0 Å². The van der Waals surface area contributed by atoms with Gasteiger partial charge >= 0.3 is 23.9 Å².